The van der Waals surface area contributed by atoms with Crippen LogP contribution >= 0.6 is 0 Å². The first-order valence-electron chi connectivity index (χ1n) is 6.50. The molecule has 0 saturated carbocycles. The number of nitrogens with zero attached hydrogens (tertiary/aromatic N) is 2. The Bertz CT molecular complexity index is 591. The summed E-state index contributed by atoms with van der Waals surface area (Å²) in [6.07, 6.45) is 0.967. The zero-order valence-corrected chi connectivity index (χ0v) is 12.5. The van der Waals surface area contributed by atoms with E-state index in [-0.39, 0.29) is 10.6 Å². The quantitative estimate of drug-likeness (QED) is 0.842. The van der Waals surface area contributed by atoms with Crippen LogP contribution in [0.4, 0.5) is 10.1 Å². The molecule has 1 unspecified atom stereocenters. The van der Waals surface area contributed by atoms with Crippen LogP contribution in [0.5, 0.6) is 0 Å². The van der Waals surface area contributed by atoms with E-state index in [1.54, 1.807) is 0 Å². The van der Waals surface area contributed by atoms with Gasteiger partial charge in [-0.3, -0.25) is 0 Å². The number of nitrogen functional groups attached to an aromatic ring is 1. The van der Waals surface area contributed by atoms with Crippen molar-refractivity contribution in [2.45, 2.75) is 11.3 Å². The first kappa shape index (κ1) is 15.2. The summed E-state index contributed by atoms with van der Waals surface area (Å²) in [5, 5.41) is 0. The summed E-state index contributed by atoms with van der Waals surface area (Å²) < 4.78 is 39.4. The predicted octanol–water partition coefficient (Wildman–Crippen LogP) is 0.980. The Kier molecular flexibility index (Phi) is 4.31. The Balaban J connectivity index is 2.19. The van der Waals surface area contributed by atoms with Gasteiger partial charge in [0, 0.05) is 20.1 Å². The molecule has 0 radical (unpaired) electrons. The van der Waals surface area contributed by atoms with Crippen LogP contribution in [0.1, 0.15) is 6.42 Å². The molecule has 0 bridgehead atoms. The van der Waals surface area contributed by atoms with Gasteiger partial charge in [-0.05, 0) is 44.1 Å². The molecule has 7 heteroatoms. The number of likely N-dealkylation sites (tertiary alicyclic amines) is 1. The molecule has 2 rings (SSSR count). The number of anilines is 1. The monoisotopic (exact) mass is 301 g/mol. The standard InChI is InChI=1S/C13H20FN3O2S/c1-16-6-5-10(8-16)9-17(2)20(18,19)13-7-11(14)3-4-12(13)15/h3-4,7,10H,5-6,8-9,15H2,1-2H3. The molecule has 1 aliphatic heterocycles. The molecule has 20 heavy (non-hydrogen) atoms. The van der Waals surface area contributed by atoms with Crippen molar-refractivity contribution in [3.8, 4) is 0 Å². The van der Waals surface area contributed by atoms with E-state index in [1.165, 1.54) is 17.4 Å². The fourth-order valence-corrected chi connectivity index (χ4v) is 3.91. The molecule has 0 aromatic heterocycles. The van der Waals surface area contributed by atoms with Gasteiger partial charge in [0.25, 0.3) is 0 Å². The highest BCUT2D eigenvalue weighted by atomic mass is 32.2. The summed E-state index contributed by atoms with van der Waals surface area (Å²) in [6, 6.07) is 3.40. The van der Waals surface area contributed by atoms with Gasteiger partial charge < -0.3 is 10.6 Å². The zero-order valence-electron chi connectivity index (χ0n) is 11.7. The van der Waals surface area contributed by atoms with Crippen LogP contribution in [0.2, 0.25) is 0 Å². The van der Waals surface area contributed by atoms with Gasteiger partial charge in [-0.2, -0.15) is 0 Å². The Morgan fingerprint density at radius 1 is 1.50 bits per heavy atom. The highest BCUT2D eigenvalue weighted by molar-refractivity contribution is 7.89. The van der Waals surface area contributed by atoms with Gasteiger partial charge in [0.15, 0.2) is 0 Å². The molecule has 1 fully saturated rings. The van der Waals surface area contributed by atoms with Gasteiger partial charge in [-0.15, -0.1) is 0 Å². The number of rotatable bonds is 4. The van der Waals surface area contributed by atoms with Gasteiger partial charge in [0.05, 0.1) is 5.69 Å². The van der Waals surface area contributed by atoms with Crippen LogP contribution in [0, 0.1) is 11.7 Å². The van der Waals surface area contributed by atoms with Crippen molar-refractivity contribution in [3.63, 3.8) is 0 Å². The molecule has 5 nitrogen and oxygen atoms in total. The Labute approximate surface area is 119 Å². The van der Waals surface area contributed by atoms with Crippen LogP contribution in [-0.2, 0) is 10.0 Å². The van der Waals surface area contributed by atoms with Crippen molar-refractivity contribution in [1.29, 1.82) is 0 Å². The van der Waals surface area contributed by atoms with Gasteiger partial charge >= 0.3 is 0 Å². The van der Waals surface area contributed by atoms with Crippen molar-refractivity contribution in [2.24, 2.45) is 5.92 Å². The van der Waals surface area contributed by atoms with Crippen LogP contribution in [0.25, 0.3) is 0 Å². The summed E-state index contributed by atoms with van der Waals surface area (Å²) in [7, 11) is -0.222. The number of hydrogen-bond donors (Lipinski definition) is 1. The molecule has 1 heterocycles. The summed E-state index contributed by atoms with van der Waals surface area (Å²) in [4.78, 5) is 2.01. The molecule has 0 spiro atoms. The second kappa shape index (κ2) is 5.67. The van der Waals surface area contributed by atoms with Crippen molar-refractivity contribution in [3.05, 3.63) is 24.0 Å². The average Bonchev–Trinajstić information content (AvgIpc) is 2.77. The number of nitrogens with two attached hydrogens (primary N) is 1. The first-order valence-corrected chi connectivity index (χ1v) is 7.94. The minimum atomic E-state index is -3.75. The third kappa shape index (κ3) is 3.11. The van der Waals surface area contributed by atoms with Crippen LogP contribution < -0.4 is 5.73 Å². The highest BCUT2D eigenvalue weighted by Crippen LogP contribution is 2.24. The highest BCUT2D eigenvalue weighted by Gasteiger charge is 2.28. The third-order valence-corrected chi connectivity index (χ3v) is 5.55. The molecular formula is C13H20FN3O2S. The molecule has 1 aromatic carbocycles. The van der Waals surface area contributed by atoms with E-state index in [0.717, 1.165) is 31.6 Å². The molecule has 112 valence electrons. The SMILES string of the molecule is CN1CCC(CN(C)S(=O)(=O)c2cc(F)ccc2N)C1. The molecule has 1 aliphatic rings. The van der Waals surface area contributed by atoms with E-state index in [0.29, 0.717) is 12.5 Å². The van der Waals surface area contributed by atoms with E-state index in [4.69, 9.17) is 5.73 Å². The zero-order chi connectivity index (χ0) is 14.9. The maximum atomic E-state index is 13.3. The summed E-state index contributed by atoms with van der Waals surface area (Å²) >= 11 is 0. The fourth-order valence-electron chi connectivity index (χ4n) is 2.54. The second-order valence-corrected chi connectivity index (χ2v) is 7.40. The maximum Gasteiger partial charge on any atom is 0.244 e. The molecule has 1 saturated heterocycles. The van der Waals surface area contributed by atoms with E-state index in [1.807, 2.05) is 7.05 Å². The lowest BCUT2D eigenvalue weighted by Gasteiger charge is -2.21. The van der Waals surface area contributed by atoms with Crippen molar-refractivity contribution in [1.82, 2.24) is 9.21 Å². The molecule has 1 aromatic rings. The maximum absolute atomic E-state index is 13.3. The van der Waals surface area contributed by atoms with Crippen molar-refractivity contribution in [2.75, 3.05) is 39.5 Å². The Hall–Kier alpha value is -1.18. The van der Waals surface area contributed by atoms with Crippen LogP contribution in [-0.4, -0.2) is 51.4 Å². The molecule has 1 atom stereocenters. The number of benzene rings is 1. The number of hydrogen-bond acceptors (Lipinski definition) is 4. The third-order valence-electron chi connectivity index (χ3n) is 3.67. The topological polar surface area (TPSA) is 66.6 Å². The molecular weight excluding hydrogens is 281 g/mol. The second-order valence-electron chi connectivity index (χ2n) is 5.38. The minimum Gasteiger partial charge on any atom is -0.398 e. The number of sulfonamides is 1. The van der Waals surface area contributed by atoms with Crippen LogP contribution in [0.3, 0.4) is 0 Å². The molecule has 0 amide bonds. The summed E-state index contributed by atoms with van der Waals surface area (Å²) in [6.45, 7) is 2.27. The van der Waals surface area contributed by atoms with Crippen LogP contribution in [0.15, 0.2) is 23.1 Å². The van der Waals surface area contributed by atoms with E-state index < -0.39 is 15.8 Å². The van der Waals surface area contributed by atoms with Gasteiger partial charge in [0.1, 0.15) is 10.7 Å². The Morgan fingerprint density at radius 3 is 2.80 bits per heavy atom. The van der Waals surface area contributed by atoms with E-state index >= 15 is 0 Å². The lowest BCUT2D eigenvalue weighted by molar-refractivity contribution is 0.356. The predicted molar refractivity (Wildman–Crippen MR) is 76.2 cm³/mol. The average molecular weight is 301 g/mol. The fraction of sp³-hybridized carbons (Fsp3) is 0.538. The lowest BCUT2D eigenvalue weighted by atomic mass is 10.1. The normalized spacial score (nSPS) is 20.7. The minimum absolute atomic E-state index is 0.0711. The van der Waals surface area contributed by atoms with Crippen molar-refractivity contribution >= 4 is 15.7 Å². The molecule has 0 aliphatic carbocycles. The largest absolute Gasteiger partial charge is 0.398 e. The van der Waals surface area contributed by atoms with E-state index in [9.17, 15) is 12.8 Å². The van der Waals surface area contributed by atoms with E-state index in [2.05, 4.69) is 4.90 Å². The Morgan fingerprint density at radius 2 is 2.20 bits per heavy atom. The molecule has 2 N–H and O–H groups in total. The number of halogens is 1. The van der Waals surface area contributed by atoms with Gasteiger partial charge in [-0.1, -0.05) is 0 Å². The van der Waals surface area contributed by atoms with Gasteiger partial charge in [-0.25, -0.2) is 17.1 Å². The summed E-state index contributed by atoms with van der Waals surface area (Å²) in [5.74, 6) is -0.304. The van der Waals surface area contributed by atoms with Gasteiger partial charge in [0.2, 0.25) is 10.0 Å². The summed E-state index contributed by atoms with van der Waals surface area (Å²) in [5.41, 5.74) is 5.73. The lowest BCUT2D eigenvalue weighted by Crippen LogP contribution is -2.33. The smallest absolute Gasteiger partial charge is 0.244 e. The first-order chi connectivity index (χ1) is 9.30. The van der Waals surface area contributed by atoms with Crippen molar-refractivity contribution < 1.29 is 12.8 Å².